The fraction of sp³-hybridized carbons (Fsp3) is 0.800. The Bertz CT molecular complexity index is 280. The molecule has 1 amide bonds. The molecule has 6 nitrogen and oxygen atoms in total. The summed E-state index contributed by atoms with van der Waals surface area (Å²) in [6.45, 7) is 4.91. The lowest BCUT2D eigenvalue weighted by Crippen LogP contribution is -2.40. The van der Waals surface area contributed by atoms with E-state index in [1.165, 1.54) is 0 Å². The summed E-state index contributed by atoms with van der Waals surface area (Å²) in [7, 11) is 0. The van der Waals surface area contributed by atoms with E-state index in [4.69, 9.17) is 15.7 Å². The van der Waals surface area contributed by atoms with Gasteiger partial charge >= 0.3 is 0 Å². The molecule has 1 heterocycles. The summed E-state index contributed by atoms with van der Waals surface area (Å²) in [5, 5.41) is 14.0. The Labute approximate surface area is 94.8 Å². The quantitative estimate of drug-likeness (QED) is 0.271. The number of nitrogens with zero attached hydrogens (tertiary/aromatic N) is 1. The first kappa shape index (κ1) is 12.8. The standard InChI is InChI=1S/C10H19N3O3/c1-6(9(11)13-15)10(14)12-5-8-3-4-16-7(8)2/h6-8,15H,3-5H2,1-2H3,(H2,11,13)(H,12,14). The van der Waals surface area contributed by atoms with E-state index in [9.17, 15) is 4.79 Å². The lowest BCUT2D eigenvalue weighted by atomic mass is 10.0. The number of rotatable bonds is 4. The highest BCUT2D eigenvalue weighted by atomic mass is 16.5. The first-order valence-corrected chi connectivity index (χ1v) is 5.43. The maximum Gasteiger partial charge on any atom is 0.230 e. The third-order valence-electron chi connectivity index (χ3n) is 3.02. The molecule has 1 fully saturated rings. The zero-order chi connectivity index (χ0) is 12.1. The lowest BCUT2D eigenvalue weighted by Gasteiger charge is -2.16. The predicted octanol–water partition coefficient (Wildman–Crippen LogP) is -0.0899. The van der Waals surface area contributed by atoms with Crippen LogP contribution in [-0.4, -0.2) is 36.2 Å². The van der Waals surface area contributed by atoms with Gasteiger partial charge in [-0.3, -0.25) is 4.79 Å². The molecule has 0 aromatic rings. The van der Waals surface area contributed by atoms with E-state index in [0.717, 1.165) is 13.0 Å². The van der Waals surface area contributed by atoms with Gasteiger partial charge in [0.1, 0.15) is 0 Å². The van der Waals surface area contributed by atoms with E-state index in [0.29, 0.717) is 12.5 Å². The molecule has 1 aliphatic rings. The van der Waals surface area contributed by atoms with Crippen LogP contribution in [0.1, 0.15) is 20.3 Å². The van der Waals surface area contributed by atoms with Gasteiger partial charge in [-0.05, 0) is 20.3 Å². The average Bonchev–Trinajstić information content (AvgIpc) is 2.69. The maximum absolute atomic E-state index is 11.6. The van der Waals surface area contributed by atoms with Crippen molar-refractivity contribution in [2.75, 3.05) is 13.2 Å². The number of amidine groups is 1. The molecule has 3 unspecified atom stereocenters. The van der Waals surface area contributed by atoms with Gasteiger partial charge < -0.3 is 21.0 Å². The number of carbonyl (C=O) groups is 1. The smallest absolute Gasteiger partial charge is 0.230 e. The largest absolute Gasteiger partial charge is 0.409 e. The SMILES string of the molecule is CC(C(=O)NCC1CCOC1C)C(N)=NO. The second-order valence-corrected chi connectivity index (χ2v) is 4.12. The predicted molar refractivity (Wildman–Crippen MR) is 59.1 cm³/mol. The van der Waals surface area contributed by atoms with Crippen LogP contribution in [0.5, 0.6) is 0 Å². The molecule has 0 bridgehead atoms. The molecule has 6 heteroatoms. The van der Waals surface area contributed by atoms with Crippen LogP contribution in [0.25, 0.3) is 0 Å². The zero-order valence-electron chi connectivity index (χ0n) is 9.64. The van der Waals surface area contributed by atoms with E-state index in [2.05, 4.69) is 10.5 Å². The molecule has 16 heavy (non-hydrogen) atoms. The highest BCUT2D eigenvalue weighted by Gasteiger charge is 2.25. The number of hydrogen-bond acceptors (Lipinski definition) is 4. The van der Waals surface area contributed by atoms with Crippen molar-refractivity contribution in [3.63, 3.8) is 0 Å². The van der Waals surface area contributed by atoms with Crippen molar-refractivity contribution < 1.29 is 14.7 Å². The van der Waals surface area contributed by atoms with Gasteiger partial charge in [-0.2, -0.15) is 0 Å². The van der Waals surface area contributed by atoms with Crippen LogP contribution in [0.4, 0.5) is 0 Å². The topological polar surface area (TPSA) is 96.9 Å². The molecular formula is C10H19N3O3. The van der Waals surface area contributed by atoms with E-state index in [1.807, 2.05) is 6.92 Å². The van der Waals surface area contributed by atoms with E-state index >= 15 is 0 Å². The van der Waals surface area contributed by atoms with Gasteiger partial charge in [-0.1, -0.05) is 5.16 Å². The highest BCUT2D eigenvalue weighted by molar-refractivity contribution is 6.01. The summed E-state index contributed by atoms with van der Waals surface area (Å²) in [4.78, 5) is 11.6. The molecule has 1 aliphatic heterocycles. The number of carbonyl (C=O) groups excluding carboxylic acids is 1. The van der Waals surface area contributed by atoms with Gasteiger partial charge in [0, 0.05) is 19.1 Å². The fourth-order valence-electron chi connectivity index (χ4n) is 1.65. The van der Waals surface area contributed by atoms with Crippen LogP contribution in [-0.2, 0) is 9.53 Å². The van der Waals surface area contributed by atoms with E-state index < -0.39 is 5.92 Å². The average molecular weight is 229 g/mol. The number of nitrogens with one attached hydrogen (secondary N) is 1. The number of hydrogen-bond donors (Lipinski definition) is 3. The van der Waals surface area contributed by atoms with Gasteiger partial charge in [-0.15, -0.1) is 0 Å². The Morgan fingerprint density at radius 1 is 1.75 bits per heavy atom. The van der Waals surface area contributed by atoms with Crippen molar-refractivity contribution in [2.45, 2.75) is 26.4 Å². The third-order valence-corrected chi connectivity index (χ3v) is 3.02. The van der Waals surface area contributed by atoms with Crippen molar-refractivity contribution in [1.29, 1.82) is 0 Å². The lowest BCUT2D eigenvalue weighted by molar-refractivity contribution is -0.122. The number of amides is 1. The van der Waals surface area contributed by atoms with Gasteiger partial charge in [0.15, 0.2) is 5.84 Å². The Morgan fingerprint density at radius 3 is 2.94 bits per heavy atom. The van der Waals surface area contributed by atoms with Crippen LogP contribution < -0.4 is 11.1 Å². The minimum Gasteiger partial charge on any atom is -0.409 e. The molecule has 4 N–H and O–H groups in total. The monoisotopic (exact) mass is 229 g/mol. The molecule has 0 aromatic heterocycles. The number of nitrogens with two attached hydrogens (primary N) is 1. The second kappa shape index (κ2) is 5.69. The van der Waals surface area contributed by atoms with Crippen LogP contribution in [0.3, 0.4) is 0 Å². The van der Waals surface area contributed by atoms with E-state index in [1.54, 1.807) is 6.92 Å². The van der Waals surface area contributed by atoms with Crippen molar-refractivity contribution in [1.82, 2.24) is 5.32 Å². The Hall–Kier alpha value is -1.30. The zero-order valence-corrected chi connectivity index (χ0v) is 9.64. The van der Waals surface area contributed by atoms with Crippen LogP contribution in [0.2, 0.25) is 0 Å². The summed E-state index contributed by atoms with van der Waals surface area (Å²) in [5.41, 5.74) is 5.34. The van der Waals surface area contributed by atoms with Gasteiger partial charge in [0.05, 0.1) is 12.0 Å². The molecule has 1 rings (SSSR count). The summed E-state index contributed by atoms with van der Waals surface area (Å²) in [6.07, 6.45) is 1.14. The fourth-order valence-corrected chi connectivity index (χ4v) is 1.65. The summed E-state index contributed by atoms with van der Waals surface area (Å²) in [5.74, 6) is -0.561. The normalized spacial score (nSPS) is 27.8. The molecule has 0 radical (unpaired) electrons. The van der Waals surface area contributed by atoms with Crippen molar-refractivity contribution >= 4 is 11.7 Å². The second-order valence-electron chi connectivity index (χ2n) is 4.12. The molecule has 0 saturated carbocycles. The number of oxime groups is 1. The van der Waals surface area contributed by atoms with Gasteiger partial charge in [0.2, 0.25) is 5.91 Å². The van der Waals surface area contributed by atoms with Crippen molar-refractivity contribution in [2.24, 2.45) is 22.7 Å². The first-order valence-electron chi connectivity index (χ1n) is 5.43. The summed E-state index contributed by atoms with van der Waals surface area (Å²) < 4.78 is 5.39. The summed E-state index contributed by atoms with van der Waals surface area (Å²) >= 11 is 0. The van der Waals surface area contributed by atoms with Gasteiger partial charge in [0.25, 0.3) is 0 Å². The Morgan fingerprint density at radius 2 is 2.44 bits per heavy atom. The molecule has 1 saturated heterocycles. The molecule has 92 valence electrons. The molecule has 3 atom stereocenters. The maximum atomic E-state index is 11.6. The van der Waals surface area contributed by atoms with Crippen LogP contribution >= 0.6 is 0 Å². The third kappa shape index (κ3) is 3.10. The Balaban J connectivity index is 2.35. The molecular weight excluding hydrogens is 210 g/mol. The van der Waals surface area contributed by atoms with Gasteiger partial charge in [-0.25, -0.2) is 0 Å². The molecule has 0 spiro atoms. The Kier molecular flexibility index (Phi) is 4.54. The summed E-state index contributed by atoms with van der Waals surface area (Å²) in [6, 6.07) is 0. The van der Waals surface area contributed by atoms with Crippen LogP contribution in [0, 0.1) is 11.8 Å². The first-order chi connectivity index (χ1) is 7.56. The van der Waals surface area contributed by atoms with Crippen molar-refractivity contribution in [3.8, 4) is 0 Å². The highest BCUT2D eigenvalue weighted by Crippen LogP contribution is 2.19. The molecule has 0 aromatic carbocycles. The number of ether oxygens (including phenoxy) is 1. The minimum atomic E-state index is -0.609. The van der Waals surface area contributed by atoms with Crippen LogP contribution in [0.15, 0.2) is 5.16 Å². The van der Waals surface area contributed by atoms with E-state index in [-0.39, 0.29) is 17.8 Å². The minimum absolute atomic E-state index is 0.0757. The van der Waals surface area contributed by atoms with Crippen molar-refractivity contribution in [3.05, 3.63) is 0 Å². The molecule has 0 aliphatic carbocycles.